The highest BCUT2D eigenvalue weighted by atomic mass is 16.7. The van der Waals surface area contributed by atoms with E-state index in [1.807, 2.05) is 0 Å². The Balaban J connectivity index is 1.90. The summed E-state index contributed by atoms with van der Waals surface area (Å²) < 4.78 is 43.6. The summed E-state index contributed by atoms with van der Waals surface area (Å²) in [5.41, 5.74) is 0.903. The summed E-state index contributed by atoms with van der Waals surface area (Å²) in [6.07, 6.45) is -6.99. The molecule has 0 radical (unpaired) electrons. The molecule has 0 aromatic heterocycles. The number of methoxy groups -OCH3 is 1. The molecule has 0 bridgehead atoms. The smallest absolute Gasteiger partial charge is 0.338 e. The minimum absolute atomic E-state index is 0.0266. The standard InChI is InChI=1S/C31H35NO14/c1-7-40-30(38)20-8-11-22(12-9-20)32-29(37)21-10-13-23(24(14-21)39-6)45-31-28(44-19(5)36)27(43-18(4)35)26(42-17(3)34)25(46-31)15-41-16(2)33/h8-14,25-28,31H,7,15H2,1-6H3,(H,32,37). The number of benzene rings is 2. The number of nitrogens with one attached hydrogen (secondary N) is 1. The van der Waals surface area contributed by atoms with E-state index in [0.29, 0.717) is 11.3 Å². The number of hydrogen-bond donors (Lipinski definition) is 1. The minimum atomic E-state index is -1.51. The Labute approximate surface area is 264 Å². The molecule has 1 saturated heterocycles. The predicted molar refractivity (Wildman–Crippen MR) is 156 cm³/mol. The zero-order chi connectivity index (χ0) is 34.0. The van der Waals surface area contributed by atoms with E-state index in [1.54, 1.807) is 19.1 Å². The van der Waals surface area contributed by atoms with Gasteiger partial charge in [-0.15, -0.1) is 0 Å². The third-order valence-corrected chi connectivity index (χ3v) is 6.27. The predicted octanol–water partition coefficient (Wildman–Crippen LogP) is 2.59. The molecule has 5 atom stereocenters. The average molecular weight is 646 g/mol. The molecular formula is C31H35NO14. The highest BCUT2D eigenvalue weighted by Gasteiger charge is 2.53. The van der Waals surface area contributed by atoms with Crippen LogP contribution in [0.2, 0.25) is 0 Å². The van der Waals surface area contributed by atoms with E-state index in [2.05, 4.69) is 5.32 Å². The van der Waals surface area contributed by atoms with Crippen molar-refractivity contribution in [3.8, 4) is 11.5 Å². The average Bonchev–Trinajstić information content (AvgIpc) is 2.99. The van der Waals surface area contributed by atoms with Crippen LogP contribution in [0.4, 0.5) is 5.69 Å². The Morgan fingerprint density at radius 1 is 0.717 bits per heavy atom. The molecule has 2 aromatic rings. The quantitative estimate of drug-likeness (QED) is 0.262. The molecule has 1 fully saturated rings. The minimum Gasteiger partial charge on any atom is -0.493 e. The summed E-state index contributed by atoms with van der Waals surface area (Å²) in [5, 5.41) is 2.71. The van der Waals surface area contributed by atoms with Crippen LogP contribution in [-0.4, -0.2) is 86.8 Å². The summed E-state index contributed by atoms with van der Waals surface area (Å²) in [5.74, 6) is -3.94. The molecule has 1 amide bonds. The number of ether oxygens (including phenoxy) is 8. The van der Waals surface area contributed by atoms with Gasteiger partial charge >= 0.3 is 29.8 Å². The van der Waals surface area contributed by atoms with Crippen LogP contribution in [0.25, 0.3) is 0 Å². The zero-order valence-corrected chi connectivity index (χ0v) is 26.1. The van der Waals surface area contributed by atoms with E-state index < -0.39 is 73.1 Å². The number of amides is 1. The fourth-order valence-electron chi connectivity index (χ4n) is 4.42. The van der Waals surface area contributed by atoms with Crippen LogP contribution in [-0.2, 0) is 47.6 Å². The van der Waals surface area contributed by atoms with Crippen molar-refractivity contribution < 1.29 is 66.7 Å². The number of hydrogen-bond acceptors (Lipinski definition) is 14. The molecule has 1 aliphatic heterocycles. The second-order valence-corrected chi connectivity index (χ2v) is 9.80. The van der Waals surface area contributed by atoms with Crippen molar-refractivity contribution in [3.63, 3.8) is 0 Å². The topological polar surface area (TPSA) is 188 Å². The van der Waals surface area contributed by atoms with Gasteiger partial charge in [-0.25, -0.2) is 4.79 Å². The van der Waals surface area contributed by atoms with Crippen molar-refractivity contribution in [2.45, 2.75) is 65.3 Å². The van der Waals surface area contributed by atoms with Gasteiger partial charge in [0.05, 0.1) is 19.3 Å². The zero-order valence-electron chi connectivity index (χ0n) is 26.1. The molecule has 0 spiro atoms. The SMILES string of the molecule is CCOC(=O)c1ccc(NC(=O)c2ccc(OC3OC(COC(C)=O)C(OC(C)=O)C(OC(C)=O)C3OC(C)=O)c(OC)c2)cc1. The van der Waals surface area contributed by atoms with Gasteiger partial charge in [-0.3, -0.25) is 24.0 Å². The molecule has 0 saturated carbocycles. The monoisotopic (exact) mass is 645 g/mol. The lowest BCUT2D eigenvalue weighted by Crippen LogP contribution is -2.63. The molecule has 1 N–H and O–H groups in total. The van der Waals surface area contributed by atoms with Crippen LogP contribution in [0.3, 0.4) is 0 Å². The van der Waals surface area contributed by atoms with Gasteiger partial charge < -0.3 is 43.2 Å². The maximum Gasteiger partial charge on any atom is 0.338 e. The molecule has 2 aromatic carbocycles. The molecule has 5 unspecified atom stereocenters. The van der Waals surface area contributed by atoms with Gasteiger partial charge in [-0.2, -0.15) is 0 Å². The third-order valence-electron chi connectivity index (χ3n) is 6.27. The van der Waals surface area contributed by atoms with Crippen molar-refractivity contribution in [3.05, 3.63) is 53.6 Å². The molecule has 0 aliphatic carbocycles. The second kappa shape index (κ2) is 16.2. The number of anilines is 1. The van der Waals surface area contributed by atoms with Crippen molar-refractivity contribution in [2.75, 3.05) is 25.6 Å². The van der Waals surface area contributed by atoms with Crippen LogP contribution in [0.5, 0.6) is 11.5 Å². The molecule has 248 valence electrons. The van der Waals surface area contributed by atoms with E-state index in [4.69, 9.17) is 37.9 Å². The van der Waals surface area contributed by atoms with Crippen molar-refractivity contribution in [1.82, 2.24) is 0 Å². The van der Waals surface area contributed by atoms with Crippen LogP contribution in [0, 0.1) is 0 Å². The van der Waals surface area contributed by atoms with Crippen molar-refractivity contribution in [2.24, 2.45) is 0 Å². The highest BCUT2D eigenvalue weighted by Crippen LogP contribution is 2.35. The first kappa shape index (κ1) is 35.3. The van der Waals surface area contributed by atoms with Gasteiger partial charge in [0, 0.05) is 38.9 Å². The fraction of sp³-hybridized carbons (Fsp3) is 0.419. The molecule has 1 aliphatic rings. The molecule has 3 rings (SSSR count). The number of rotatable bonds is 12. The normalized spacial score (nSPS) is 20.3. The maximum atomic E-state index is 13.0. The lowest BCUT2D eigenvalue weighted by molar-refractivity contribution is -0.288. The first-order valence-corrected chi connectivity index (χ1v) is 14.1. The Kier molecular flexibility index (Phi) is 12.4. The van der Waals surface area contributed by atoms with Crippen LogP contribution < -0.4 is 14.8 Å². The summed E-state index contributed by atoms with van der Waals surface area (Å²) in [6, 6.07) is 10.3. The summed E-state index contributed by atoms with van der Waals surface area (Å²) in [7, 11) is 1.32. The van der Waals surface area contributed by atoms with Crippen molar-refractivity contribution >= 4 is 41.4 Å². The molecular weight excluding hydrogens is 610 g/mol. The number of carbonyl (C=O) groups excluding carboxylic acids is 6. The Morgan fingerprint density at radius 2 is 1.30 bits per heavy atom. The first-order chi connectivity index (χ1) is 21.8. The van der Waals surface area contributed by atoms with Gasteiger partial charge in [0.2, 0.25) is 12.4 Å². The highest BCUT2D eigenvalue weighted by molar-refractivity contribution is 6.05. The first-order valence-electron chi connectivity index (χ1n) is 14.1. The van der Waals surface area contributed by atoms with Gasteiger partial charge in [-0.1, -0.05) is 0 Å². The van der Waals surface area contributed by atoms with E-state index in [9.17, 15) is 28.8 Å². The van der Waals surface area contributed by atoms with Gasteiger partial charge in [0.1, 0.15) is 12.7 Å². The van der Waals surface area contributed by atoms with Crippen LogP contribution >= 0.6 is 0 Å². The Morgan fingerprint density at radius 3 is 1.87 bits per heavy atom. The molecule has 15 nitrogen and oxygen atoms in total. The second-order valence-electron chi connectivity index (χ2n) is 9.80. The van der Waals surface area contributed by atoms with E-state index in [0.717, 1.165) is 27.7 Å². The van der Waals surface area contributed by atoms with Crippen LogP contribution in [0.15, 0.2) is 42.5 Å². The molecule has 46 heavy (non-hydrogen) atoms. The number of carbonyl (C=O) groups is 6. The largest absolute Gasteiger partial charge is 0.493 e. The summed E-state index contributed by atoms with van der Waals surface area (Å²) >= 11 is 0. The lowest BCUT2D eigenvalue weighted by atomic mass is 9.98. The lowest BCUT2D eigenvalue weighted by Gasteiger charge is -2.44. The van der Waals surface area contributed by atoms with E-state index in [-0.39, 0.29) is 23.7 Å². The summed E-state index contributed by atoms with van der Waals surface area (Å²) in [4.78, 5) is 72.6. The van der Waals surface area contributed by atoms with Gasteiger partial charge in [-0.05, 0) is 49.4 Å². The van der Waals surface area contributed by atoms with Crippen molar-refractivity contribution in [1.29, 1.82) is 0 Å². The van der Waals surface area contributed by atoms with Gasteiger partial charge in [0.25, 0.3) is 5.91 Å². The number of esters is 5. The van der Waals surface area contributed by atoms with Gasteiger partial charge in [0.15, 0.2) is 23.7 Å². The third kappa shape index (κ3) is 9.66. The summed E-state index contributed by atoms with van der Waals surface area (Å²) in [6.45, 7) is 5.96. The fourth-order valence-corrected chi connectivity index (χ4v) is 4.42. The Hall–Kier alpha value is -5.18. The van der Waals surface area contributed by atoms with E-state index in [1.165, 1.54) is 37.4 Å². The maximum absolute atomic E-state index is 13.0. The van der Waals surface area contributed by atoms with E-state index >= 15 is 0 Å². The molecule has 15 heteroatoms. The Bertz CT molecular complexity index is 1440. The molecule has 1 heterocycles. The van der Waals surface area contributed by atoms with Crippen LogP contribution in [0.1, 0.15) is 55.3 Å².